The fourth-order valence-corrected chi connectivity index (χ4v) is 4.78. The molecule has 1 N–H and O–H groups in total. The summed E-state index contributed by atoms with van der Waals surface area (Å²) in [7, 11) is 0. The number of rotatable bonds is 2. The van der Waals surface area contributed by atoms with Crippen LogP contribution in [-0.2, 0) is 0 Å². The first-order chi connectivity index (χ1) is 7.97. The monoisotopic (exact) mass is 438 g/mol. The quantitative estimate of drug-likeness (QED) is 0.660. The van der Waals surface area contributed by atoms with E-state index in [-0.39, 0.29) is 0 Å². The molecule has 0 fully saturated rings. The molecule has 1 unspecified atom stereocenters. The van der Waals surface area contributed by atoms with Gasteiger partial charge in [0.2, 0.25) is 0 Å². The van der Waals surface area contributed by atoms with E-state index < -0.39 is 6.10 Å². The zero-order chi connectivity index (χ0) is 12.6. The zero-order valence-electron chi connectivity index (χ0n) is 8.88. The summed E-state index contributed by atoms with van der Waals surface area (Å²) in [5, 5.41) is 10.4. The fourth-order valence-electron chi connectivity index (χ4n) is 1.57. The van der Waals surface area contributed by atoms with E-state index in [0.717, 1.165) is 23.9 Å². The van der Waals surface area contributed by atoms with E-state index in [9.17, 15) is 5.11 Å². The van der Waals surface area contributed by atoms with Gasteiger partial charge in [0.15, 0.2) is 0 Å². The Hall–Kier alpha value is 0.320. The molecule has 1 heterocycles. The van der Waals surface area contributed by atoms with Crippen LogP contribution in [0.2, 0.25) is 0 Å². The lowest BCUT2D eigenvalue weighted by atomic mass is 10.1. The minimum Gasteiger partial charge on any atom is -0.383 e. The maximum absolute atomic E-state index is 10.4. The number of thiophene rings is 1. The summed E-state index contributed by atoms with van der Waals surface area (Å²) in [5.41, 5.74) is 0.869. The van der Waals surface area contributed by atoms with Crippen molar-refractivity contribution in [1.82, 2.24) is 0 Å². The number of aliphatic hydroxyl groups excluding tert-OH is 1. The van der Waals surface area contributed by atoms with Crippen LogP contribution in [0.25, 0.3) is 0 Å². The van der Waals surface area contributed by atoms with Crippen molar-refractivity contribution >= 4 is 59.1 Å². The molecule has 0 aliphatic rings. The average Bonchev–Trinajstić information content (AvgIpc) is 2.55. The summed E-state index contributed by atoms with van der Waals surface area (Å²) in [5.74, 6) is 0. The van der Waals surface area contributed by atoms with E-state index in [1.165, 1.54) is 4.88 Å². The molecule has 2 aromatic rings. The van der Waals surface area contributed by atoms with Crippen LogP contribution in [0.5, 0.6) is 0 Å². The smallest absolute Gasteiger partial charge is 0.114 e. The Morgan fingerprint density at radius 3 is 2.12 bits per heavy atom. The number of hydrogen-bond donors (Lipinski definition) is 1. The van der Waals surface area contributed by atoms with Gasteiger partial charge in [0.1, 0.15) is 6.10 Å². The van der Waals surface area contributed by atoms with Crippen LogP contribution in [0, 0.1) is 6.92 Å². The predicted molar refractivity (Wildman–Crippen MR) is 82.7 cm³/mol. The molecule has 1 aromatic carbocycles. The summed E-state index contributed by atoms with van der Waals surface area (Å²) >= 11 is 11.9. The Morgan fingerprint density at radius 1 is 1.06 bits per heavy atom. The molecule has 0 spiro atoms. The molecule has 1 aromatic heterocycles. The molecule has 90 valence electrons. The molecule has 0 radical (unpaired) electrons. The molecule has 0 saturated heterocycles. The first kappa shape index (κ1) is 13.7. The molecular weight excluding hydrogens is 432 g/mol. The van der Waals surface area contributed by atoms with Crippen LogP contribution in [0.15, 0.2) is 37.7 Å². The zero-order valence-corrected chi connectivity index (χ0v) is 14.5. The standard InChI is InChI=1S/C12H9Br3OS/c1-6-2-10(15)12(17-6)11(16)7-3-8(13)5-9(14)4-7/h2-5,11,16H,1H3. The number of benzene rings is 1. The van der Waals surface area contributed by atoms with E-state index in [1.807, 2.05) is 31.2 Å². The van der Waals surface area contributed by atoms with Crippen molar-refractivity contribution in [2.75, 3.05) is 0 Å². The van der Waals surface area contributed by atoms with Crippen molar-refractivity contribution in [3.05, 3.63) is 53.0 Å². The van der Waals surface area contributed by atoms with Crippen LogP contribution in [0.3, 0.4) is 0 Å². The van der Waals surface area contributed by atoms with Crippen molar-refractivity contribution < 1.29 is 5.11 Å². The Kier molecular flexibility index (Phi) is 4.47. The normalized spacial score (nSPS) is 12.8. The van der Waals surface area contributed by atoms with E-state index in [0.29, 0.717) is 0 Å². The SMILES string of the molecule is Cc1cc(Br)c(C(O)c2cc(Br)cc(Br)c2)s1. The van der Waals surface area contributed by atoms with E-state index in [1.54, 1.807) is 11.3 Å². The summed E-state index contributed by atoms with van der Waals surface area (Å²) < 4.78 is 2.86. The maximum Gasteiger partial charge on any atom is 0.114 e. The second kappa shape index (κ2) is 5.53. The lowest BCUT2D eigenvalue weighted by Crippen LogP contribution is -1.97. The molecule has 1 nitrogen and oxygen atoms in total. The Labute approximate surface area is 129 Å². The minimum atomic E-state index is -0.600. The van der Waals surface area contributed by atoms with Crippen LogP contribution in [-0.4, -0.2) is 5.11 Å². The van der Waals surface area contributed by atoms with Gasteiger partial charge < -0.3 is 5.11 Å². The molecule has 0 aliphatic carbocycles. The number of halogens is 3. The van der Waals surface area contributed by atoms with Crippen LogP contribution >= 0.6 is 59.1 Å². The lowest BCUT2D eigenvalue weighted by molar-refractivity contribution is 0.223. The molecular formula is C12H9Br3OS. The Balaban J connectivity index is 2.43. The second-order valence-corrected chi connectivity index (χ2v) is 7.65. The number of aliphatic hydroxyl groups is 1. The fraction of sp³-hybridized carbons (Fsp3) is 0.167. The van der Waals surface area contributed by atoms with Gasteiger partial charge in [-0.2, -0.15) is 0 Å². The van der Waals surface area contributed by atoms with Crippen molar-refractivity contribution in [1.29, 1.82) is 0 Å². The van der Waals surface area contributed by atoms with Gasteiger partial charge in [-0.15, -0.1) is 11.3 Å². The van der Waals surface area contributed by atoms with Gasteiger partial charge in [0, 0.05) is 18.3 Å². The highest BCUT2D eigenvalue weighted by molar-refractivity contribution is 9.11. The van der Waals surface area contributed by atoms with E-state index in [4.69, 9.17) is 0 Å². The van der Waals surface area contributed by atoms with E-state index >= 15 is 0 Å². The number of hydrogen-bond acceptors (Lipinski definition) is 2. The maximum atomic E-state index is 10.4. The highest BCUT2D eigenvalue weighted by Gasteiger charge is 2.17. The molecule has 17 heavy (non-hydrogen) atoms. The Morgan fingerprint density at radius 2 is 1.65 bits per heavy atom. The average molecular weight is 441 g/mol. The van der Waals surface area contributed by atoms with Crippen LogP contribution < -0.4 is 0 Å². The molecule has 0 bridgehead atoms. The van der Waals surface area contributed by atoms with Gasteiger partial charge in [-0.25, -0.2) is 0 Å². The van der Waals surface area contributed by atoms with Crippen LogP contribution in [0.4, 0.5) is 0 Å². The van der Waals surface area contributed by atoms with Gasteiger partial charge in [-0.1, -0.05) is 31.9 Å². The van der Waals surface area contributed by atoms with E-state index in [2.05, 4.69) is 47.8 Å². The van der Waals surface area contributed by atoms with Gasteiger partial charge in [-0.05, 0) is 52.7 Å². The molecule has 0 aliphatic heterocycles. The first-order valence-electron chi connectivity index (χ1n) is 4.87. The lowest BCUT2D eigenvalue weighted by Gasteiger charge is -2.11. The van der Waals surface area contributed by atoms with Gasteiger partial charge in [-0.3, -0.25) is 0 Å². The van der Waals surface area contributed by atoms with Gasteiger partial charge in [0.25, 0.3) is 0 Å². The number of aryl methyl sites for hydroxylation is 1. The summed E-state index contributed by atoms with van der Waals surface area (Å²) in [6, 6.07) is 7.83. The summed E-state index contributed by atoms with van der Waals surface area (Å²) in [4.78, 5) is 2.12. The summed E-state index contributed by atoms with van der Waals surface area (Å²) in [6.45, 7) is 2.03. The van der Waals surface area contributed by atoms with Crippen molar-refractivity contribution in [3.63, 3.8) is 0 Å². The molecule has 0 amide bonds. The molecule has 5 heteroatoms. The highest BCUT2D eigenvalue weighted by atomic mass is 79.9. The minimum absolute atomic E-state index is 0.600. The third-order valence-electron chi connectivity index (χ3n) is 2.29. The summed E-state index contributed by atoms with van der Waals surface area (Å²) in [6.07, 6.45) is -0.600. The third kappa shape index (κ3) is 3.20. The Bertz CT molecular complexity index is 530. The van der Waals surface area contributed by atoms with Crippen LogP contribution in [0.1, 0.15) is 21.4 Å². The predicted octanol–water partition coefficient (Wildman–Crippen LogP) is 5.43. The first-order valence-corrected chi connectivity index (χ1v) is 8.07. The third-order valence-corrected chi connectivity index (χ3v) is 5.22. The van der Waals surface area contributed by atoms with Crippen molar-refractivity contribution in [2.24, 2.45) is 0 Å². The molecule has 1 atom stereocenters. The van der Waals surface area contributed by atoms with Gasteiger partial charge in [0.05, 0.1) is 4.88 Å². The van der Waals surface area contributed by atoms with Crippen molar-refractivity contribution in [2.45, 2.75) is 13.0 Å². The molecule has 0 saturated carbocycles. The van der Waals surface area contributed by atoms with Gasteiger partial charge >= 0.3 is 0 Å². The second-order valence-electron chi connectivity index (χ2n) is 3.67. The van der Waals surface area contributed by atoms with Crippen molar-refractivity contribution in [3.8, 4) is 0 Å². The topological polar surface area (TPSA) is 20.2 Å². The molecule has 2 rings (SSSR count). The largest absolute Gasteiger partial charge is 0.383 e. The highest BCUT2D eigenvalue weighted by Crippen LogP contribution is 2.36.